The lowest BCUT2D eigenvalue weighted by Crippen LogP contribution is -2.18. The van der Waals surface area contributed by atoms with Crippen molar-refractivity contribution in [2.45, 2.75) is 43.9 Å². The Morgan fingerprint density at radius 3 is 2.74 bits per heavy atom. The molecule has 1 saturated carbocycles. The van der Waals surface area contributed by atoms with Crippen molar-refractivity contribution in [1.29, 1.82) is 0 Å². The van der Waals surface area contributed by atoms with Gasteiger partial charge >= 0.3 is 0 Å². The van der Waals surface area contributed by atoms with Crippen LogP contribution in [0.25, 0.3) is 0 Å². The SMILES string of the molecule is CC1(C(Br)c2cc3c(cc2Cl)NC(=O)C3)CCCC1. The third-order valence-corrected chi connectivity index (χ3v) is 6.40. The second-order valence-electron chi connectivity index (χ2n) is 5.98. The van der Waals surface area contributed by atoms with E-state index in [4.69, 9.17) is 11.6 Å². The van der Waals surface area contributed by atoms with Crippen LogP contribution in [0.2, 0.25) is 5.02 Å². The molecule has 1 aliphatic carbocycles. The molecule has 0 bridgehead atoms. The van der Waals surface area contributed by atoms with Crippen molar-refractivity contribution in [1.82, 2.24) is 0 Å². The van der Waals surface area contributed by atoms with Gasteiger partial charge in [0.1, 0.15) is 0 Å². The van der Waals surface area contributed by atoms with Crippen LogP contribution < -0.4 is 5.32 Å². The number of hydrogen-bond donors (Lipinski definition) is 1. The first-order valence-corrected chi connectivity index (χ1v) is 8.05. The number of benzene rings is 1. The minimum absolute atomic E-state index is 0.0569. The fraction of sp³-hybridized carbons (Fsp3) is 0.533. The zero-order valence-electron chi connectivity index (χ0n) is 10.9. The van der Waals surface area contributed by atoms with E-state index in [2.05, 4.69) is 34.2 Å². The van der Waals surface area contributed by atoms with Crippen molar-refractivity contribution in [3.63, 3.8) is 0 Å². The van der Waals surface area contributed by atoms with Crippen molar-refractivity contribution in [3.8, 4) is 0 Å². The fourth-order valence-corrected chi connectivity index (χ4v) is 4.51. The van der Waals surface area contributed by atoms with Crippen molar-refractivity contribution in [3.05, 3.63) is 28.3 Å². The average Bonchev–Trinajstić information content (AvgIpc) is 2.93. The van der Waals surface area contributed by atoms with Crippen LogP contribution in [0.5, 0.6) is 0 Å². The first-order valence-electron chi connectivity index (χ1n) is 6.76. The molecule has 1 unspecified atom stereocenters. The number of alkyl halides is 1. The van der Waals surface area contributed by atoms with Gasteiger partial charge in [0.15, 0.2) is 0 Å². The number of carbonyl (C=O) groups is 1. The summed E-state index contributed by atoms with van der Waals surface area (Å²) in [5.74, 6) is 0.0569. The highest BCUT2D eigenvalue weighted by atomic mass is 79.9. The average molecular weight is 343 g/mol. The highest BCUT2D eigenvalue weighted by molar-refractivity contribution is 9.09. The molecule has 1 fully saturated rings. The van der Waals surface area contributed by atoms with Gasteiger partial charge in [-0.15, -0.1) is 0 Å². The second kappa shape index (κ2) is 4.78. The lowest BCUT2D eigenvalue weighted by atomic mass is 9.81. The quantitative estimate of drug-likeness (QED) is 0.765. The topological polar surface area (TPSA) is 29.1 Å². The molecule has 1 N–H and O–H groups in total. The summed E-state index contributed by atoms with van der Waals surface area (Å²) in [5.41, 5.74) is 3.33. The Bertz CT molecular complexity index is 537. The summed E-state index contributed by atoms with van der Waals surface area (Å²) in [6.07, 6.45) is 5.51. The smallest absolute Gasteiger partial charge is 0.228 e. The predicted molar refractivity (Wildman–Crippen MR) is 82.0 cm³/mol. The summed E-state index contributed by atoms with van der Waals surface area (Å²) in [4.78, 5) is 11.7. The molecule has 2 nitrogen and oxygen atoms in total. The molecule has 0 aromatic heterocycles. The van der Waals surface area contributed by atoms with E-state index in [0.29, 0.717) is 6.42 Å². The molecule has 1 aliphatic heterocycles. The van der Waals surface area contributed by atoms with Crippen LogP contribution in [0.15, 0.2) is 12.1 Å². The van der Waals surface area contributed by atoms with Gasteiger partial charge in [0.25, 0.3) is 0 Å². The summed E-state index contributed by atoms with van der Waals surface area (Å²) >= 11 is 10.3. The van der Waals surface area contributed by atoms with Gasteiger partial charge < -0.3 is 5.32 Å². The second-order valence-corrected chi connectivity index (χ2v) is 7.30. The maximum atomic E-state index is 11.4. The number of rotatable bonds is 2. The van der Waals surface area contributed by atoms with Crippen LogP contribution in [0.1, 0.15) is 48.6 Å². The Morgan fingerprint density at radius 1 is 1.37 bits per heavy atom. The summed E-state index contributed by atoms with van der Waals surface area (Å²) in [7, 11) is 0. The van der Waals surface area contributed by atoms with Crippen molar-refractivity contribution in [2.24, 2.45) is 5.41 Å². The Morgan fingerprint density at radius 2 is 2.05 bits per heavy atom. The Balaban J connectivity index is 1.97. The summed E-state index contributed by atoms with van der Waals surface area (Å²) < 4.78 is 0. The number of anilines is 1. The maximum absolute atomic E-state index is 11.4. The van der Waals surface area contributed by atoms with Gasteiger partial charge in [-0.05, 0) is 35.4 Å². The normalized spacial score (nSPS) is 22.2. The lowest BCUT2D eigenvalue weighted by Gasteiger charge is -2.31. The number of nitrogens with one attached hydrogen (secondary N) is 1. The van der Waals surface area contributed by atoms with Crippen molar-refractivity contribution in [2.75, 3.05) is 5.32 Å². The molecule has 0 saturated heterocycles. The monoisotopic (exact) mass is 341 g/mol. The number of halogens is 2. The maximum Gasteiger partial charge on any atom is 0.228 e. The molecule has 1 atom stereocenters. The number of fused-ring (bicyclic) bond motifs is 1. The first-order chi connectivity index (χ1) is 8.99. The van der Waals surface area contributed by atoms with Crippen molar-refractivity contribution >= 4 is 39.1 Å². The molecule has 4 heteroatoms. The molecule has 3 rings (SSSR count). The fourth-order valence-electron chi connectivity index (χ4n) is 3.27. The molecular weight excluding hydrogens is 326 g/mol. The van der Waals surface area contributed by atoms with Crippen LogP contribution in [-0.2, 0) is 11.2 Å². The highest BCUT2D eigenvalue weighted by Crippen LogP contribution is 2.53. The van der Waals surface area contributed by atoms with Crippen LogP contribution >= 0.6 is 27.5 Å². The van der Waals surface area contributed by atoms with E-state index in [0.717, 1.165) is 21.8 Å². The Hall–Kier alpha value is -0.540. The lowest BCUT2D eigenvalue weighted by molar-refractivity contribution is -0.115. The summed E-state index contributed by atoms with van der Waals surface area (Å²) in [5, 5.41) is 3.59. The molecule has 1 aromatic rings. The van der Waals surface area contributed by atoms with Gasteiger partial charge in [-0.3, -0.25) is 4.79 Å². The zero-order valence-corrected chi connectivity index (χ0v) is 13.3. The molecule has 2 aliphatic rings. The van der Waals surface area contributed by atoms with Crippen LogP contribution in [0.3, 0.4) is 0 Å². The van der Waals surface area contributed by atoms with E-state index in [1.807, 2.05) is 6.07 Å². The summed E-state index contributed by atoms with van der Waals surface area (Å²) in [6.45, 7) is 2.33. The standard InChI is InChI=1S/C15H17BrClNO/c1-15(4-2-3-5-15)14(16)10-6-9-7-13(19)18-12(9)8-11(10)17/h6,8,14H,2-5,7H2,1H3,(H,18,19). The highest BCUT2D eigenvalue weighted by Gasteiger charge is 2.37. The third-order valence-electron chi connectivity index (χ3n) is 4.48. The molecule has 102 valence electrons. The number of carbonyl (C=O) groups excluding carboxylic acids is 1. The van der Waals surface area contributed by atoms with Gasteiger partial charge in [0.2, 0.25) is 5.91 Å². The van der Waals surface area contributed by atoms with Gasteiger partial charge in [0, 0.05) is 15.5 Å². The van der Waals surface area contributed by atoms with Crippen molar-refractivity contribution < 1.29 is 4.79 Å². The number of amides is 1. The van der Waals surface area contributed by atoms with Gasteiger partial charge in [-0.25, -0.2) is 0 Å². The molecule has 1 aromatic carbocycles. The molecule has 0 spiro atoms. The van der Waals surface area contributed by atoms with E-state index >= 15 is 0 Å². The molecule has 1 heterocycles. The molecular formula is C15H17BrClNO. The number of hydrogen-bond acceptors (Lipinski definition) is 1. The van der Waals surface area contributed by atoms with Crippen LogP contribution in [0.4, 0.5) is 5.69 Å². The van der Waals surface area contributed by atoms with E-state index < -0.39 is 0 Å². The van der Waals surface area contributed by atoms with E-state index in [-0.39, 0.29) is 16.1 Å². The molecule has 19 heavy (non-hydrogen) atoms. The minimum Gasteiger partial charge on any atom is -0.325 e. The largest absolute Gasteiger partial charge is 0.325 e. The predicted octanol–water partition coefficient (Wildman–Crippen LogP) is 4.85. The zero-order chi connectivity index (χ0) is 13.6. The van der Waals surface area contributed by atoms with Gasteiger partial charge in [0.05, 0.1) is 6.42 Å². The molecule has 0 radical (unpaired) electrons. The van der Waals surface area contributed by atoms with Gasteiger partial charge in [-0.1, -0.05) is 53.4 Å². The summed E-state index contributed by atoms with van der Waals surface area (Å²) in [6, 6.07) is 3.99. The third kappa shape index (κ3) is 2.31. The molecule has 1 amide bonds. The first kappa shape index (κ1) is 13.4. The minimum atomic E-state index is 0.0569. The van der Waals surface area contributed by atoms with Gasteiger partial charge in [-0.2, -0.15) is 0 Å². The van der Waals surface area contributed by atoms with Crippen LogP contribution in [-0.4, -0.2) is 5.91 Å². The van der Waals surface area contributed by atoms with Crippen LogP contribution in [0, 0.1) is 5.41 Å². The van der Waals surface area contributed by atoms with E-state index in [1.165, 1.54) is 25.7 Å². The Labute approximate surface area is 127 Å². The van der Waals surface area contributed by atoms with E-state index in [1.54, 1.807) is 0 Å². The Kier molecular flexibility index (Phi) is 3.38. The van der Waals surface area contributed by atoms with E-state index in [9.17, 15) is 4.79 Å².